The molecular formula is C18H24N6O3. The highest BCUT2D eigenvalue weighted by molar-refractivity contribution is 5.92. The Morgan fingerprint density at radius 1 is 1.44 bits per heavy atom. The van der Waals surface area contributed by atoms with Gasteiger partial charge in [-0.2, -0.15) is 5.10 Å². The molecule has 27 heavy (non-hydrogen) atoms. The lowest BCUT2D eigenvalue weighted by molar-refractivity contribution is -0.0455. The van der Waals surface area contributed by atoms with Crippen molar-refractivity contribution >= 4 is 11.7 Å². The molecule has 2 aromatic rings. The fourth-order valence-electron chi connectivity index (χ4n) is 3.97. The van der Waals surface area contributed by atoms with Crippen LogP contribution in [0.15, 0.2) is 24.7 Å². The Morgan fingerprint density at radius 2 is 2.30 bits per heavy atom. The normalized spacial score (nSPS) is 20.5. The second-order valence-corrected chi connectivity index (χ2v) is 7.06. The molecule has 2 saturated heterocycles. The maximum atomic E-state index is 12.2. The van der Waals surface area contributed by atoms with E-state index in [4.69, 9.17) is 9.47 Å². The van der Waals surface area contributed by atoms with Crippen LogP contribution in [0, 0.1) is 5.92 Å². The fourth-order valence-corrected chi connectivity index (χ4v) is 3.97. The summed E-state index contributed by atoms with van der Waals surface area (Å²) < 4.78 is 12.9. The average molecular weight is 372 g/mol. The zero-order valence-electron chi connectivity index (χ0n) is 15.6. The third-order valence-corrected chi connectivity index (χ3v) is 5.51. The van der Waals surface area contributed by atoms with Crippen LogP contribution in [0.5, 0.6) is 5.88 Å². The van der Waals surface area contributed by atoms with Gasteiger partial charge in [0, 0.05) is 32.5 Å². The minimum absolute atomic E-state index is 0.0914. The minimum Gasteiger partial charge on any atom is -0.481 e. The molecule has 0 radical (unpaired) electrons. The molecule has 0 unspecified atom stereocenters. The van der Waals surface area contributed by atoms with Crippen molar-refractivity contribution in [2.75, 3.05) is 38.3 Å². The largest absolute Gasteiger partial charge is 0.481 e. The summed E-state index contributed by atoms with van der Waals surface area (Å²) >= 11 is 0. The van der Waals surface area contributed by atoms with Crippen molar-refractivity contribution in [1.82, 2.24) is 25.1 Å². The van der Waals surface area contributed by atoms with Crippen molar-refractivity contribution in [1.29, 1.82) is 0 Å². The minimum atomic E-state index is -0.143. The first-order chi connectivity index (χ1) is 13.1. The van der Waals surface area contributed by atoms with Crippen LogP contribution in [-0.4, -0.2) is 64.6 Å². The zero-order valence-corrected chi connectivity index (χ0v) is 15.6. The number of hydrogen-bond acceptors (Lipinski definition) is 7. The van der Waals surface area contributed by atoms with Crippen LogP contribution in [0.1, 0.15) is 23.3 Å². The van der Waals surface area contributed by atoms with Gasteiger partial charge in [-0.25, -0.2) is 9.97 Å². The highest BCUT2D eigenvalue weighted by atomic mass is 16.5. The molecule has 1 atom stereocenters. The summed E-state index contributed by atoms with van der Waals surface area (Å²) in [6.07, 6.45) is 5.05. The van der Waals surface area contributed by atoms with Crippen LogP contribution in [0.4, 0.5) is 5.82 Å². The summed E-state index contributed by atoms with van der Waals surface area (Å²) in [6, 6.07) is 3.56. The molecule has 9 heteroatoms. The summed E-state index contributed by atoms with van der Waals surface area (Å²) in [4.78, 5) is 22.8. The van der Waals surface area contributed by atoms with E-state index >= 15 is 0 Å². The van der Waals surface area contributed by atoms with Crippen LogP contribution in [-0.2, 0) is 11.8 Å². The summed E-state index contributed by atoms with van der Waals surface area (Å²) in [7, 11) is 3.36. The highest BCUT2D eigenvalue weighted by Gasteiger charge is 2.53. The third kappa shape index (κ3) is 3.34. The Morgan fingerprint density at radius 3 is 3.04 bits per heavy atom. The second kappa shape index (κ2) is 7.15. The summed E-state index contributed by atoms with van der Waals surface area (Å²) in [5, 5.41) is 7.02. The number of amides is 1. The first kappa shape index (κ1) is 17.7. The molecule has 0 bridgehead atoms. The molecule has 2 fully saturated rings. The van der Waals surface area contributed by atoms with Crippen LogP contribution >= 0.6 is 0 Å². The number of aromatic nitrogens is 4. The Kier molecular flexibility index (Phi) is 4.69. The molecule has 0 aromatic carbocycles. The topological polar surface area (TPSA) is 94.4 Å². The van der Waals surface area contributed by atoms with Gasteiger partial charge in [0.25, 0.3) is 5.91 Å². The van der Waals surface area contributed by atoms with Gasteiger partial charge in [-0.1, -0.05) is 0 Å². The van der Waals surface area contributed by atoms with Crippen LogP contribution < -0.4 is 15.0 Å². The van der Waals surface area contributed by atoms with Crippen molar-refractivity contribution in [3.8, 4) is 5.88 Å². The smallest absolute Gasteiger partial charge is 0.269 e. The van der Waals surface area contributed by atoms with E-state index in [9.17, 15) is 4.79 Å². The molecule has 1 spiro atoms. The molecule has 4 rings (SSSR count). The van der Waals surface area contributed by atoms with Crippen LogP contribution in [0.3, 0.4) is 0 Å². The van der Waals surface area contributed by atoms with Gasteiger partial charge in [-0.3, -0.25) is 9.48 Å². The van der Waals surface area contributed by atoms with Gasteiger partial charge in [-0.05, 0) is 24.8 Å². The number of hydrogen-bond donors (Lipinski definition) is 1. The van der Waals surface area contributed by atoms with Gasteiger partial charge in [0.2, 0.25) is 5.88 Å². The molecule has 9 nitrogen and oxygen atoms in total. The van der Waals surface area contributed by atoms with E-state index in [2.05, 4.69) is 25.3 Å². The molecule has 0 aliphatic carbocycles. The maximum absolute atomic E-state index is 12.2. The SMILES string of the molecule is COc1cc(N2CC3(C2)OCC[C@@H]3CCNC(=O)c2ccnn2C)ncn1. The van der Waals surface area contributed by atoms with Crippen LogP contribution in [0.2, 0.25) is 0 Å². The third-order valence-electron chi connectivity index (χ3n) is 5.51. The molecule has 1 N–H and O–H groups in total. The van der Waals surface area contributed by atoms with Crippen molar-refractivity contribution in [2.24, 2.45) is 13.0 Å². The lowest BCUT2D eigenvalue weighted by atomic mass is 9.79. The van der Waals surface area contributed by atoms with E-state index in [1.165, 1.54) is 6.33 Å². The van der Waals surface area contributed by atoms with Gasteiger partial charge in [0.15, 0.2) is 0 Å². The number of nitrogens with one attached hydrogen (secondary N) is 1. The zero-order chi connectivity index (χ0) is 18.9. The van der Waals surface area contributed by atoms with Crippen LogP contribution in [0.25, 0.3) is 0 Å². The molecule has 2 aliphatic rings. The Balaban J connectivity index is 1.31. The number of nitrogens with zero attached hydrogens (tertiary/aromatic N) is 5. The van der Waals surface area contributed by atoms with Gasteiger partial charge < -0.3 is 19.7 Å². The van der Waals surface area contributed by atoms with E-state index in [1.807, 2.05) is 6.07 Å². The highest BCUT2D eigenvalue weighted by Crippen LogP contribution is 2.43. The summed E-state index contributed by atoms with van der Waals surface area (Å²) in [5.41, 5.74) is 0.426. The Labute approximate surface area is 157 Å². The van der Waals surface area contributed by atoms with Gasteiger partial charge in [0.1, 0.15) is 23.4 Å². The predicted molar refractivity (Wildman–Crippen MR) is 97.7 cm³/mol. The number of carbonyl (C=O) groups excluding carboxylic acids is 1. The van der Waals surface area contributed by atoms with Gasteiger partial charge in [-0.15, -0.1) is 0 Å². The molecular weight excluding hydrogens is 348 g/mol. The quantitative estimate of drug-likeness (QED) is 0.795. The first-order valence-corrected chi connectivity index (χ1v) is 9.12. The number of carbonyl (C=O) groups is 1. The Hall–Kier alpha value is -2.68. The standard InChI is InChI=1S/C18H24N6O3/c1-23-14(4-7-22-23)17(25)19-6-3-13-5-8-27-18(13)10-24(11-18)15-9-16(26-2)21-12-20-15/h4,7,9,12-13H,3,5-6,8,10-11H2,1-2H3,(H,19,25)/t13-/m0/s1. The van der Waals surface area contributed by atoms with E-state index in [0.717, 1.165) is 38.4 Å². The number of ether oxygens (including phenoxy) is 2. The van der Waals surface area contributed by atoms with E-state index in [1.54, 1.807) is 31.1 Å². The lowest BCUT2D eigenvalue weighted by Gasteiger charge is -2.50. The second-order valence-electron chi connectivity index (χ2n) is 7.06. The Bertz CT molecular complexity index is 817. The molecule has 2 aromatic heterocycles. The van der Waals surface area contributed by atoms with Gasteiger partial charge >= 0.3 is 0 Å². The number of aryl methyl sites for hydroxylation is 1. The van der Waals surface area contributed by atoms with Gasteiger partial charge in [0.05, 0.1) is 20.2 Å². The van der Waals surface area contributed by atoms with E-state index in [0.29, 0.717) is 24.0 Å². The number of methoxy groups -OCH3 is 1. The molecule has 0 saturated carbocycles. The molecule has 2 aliphatic heterocycles. The molecule has 1 amide bonds. The number of rotatable bonds is 6. The van der Waals surface area contributed by atoms with Crippen molar-refractivity contribution < 1.29 is 14.3 Å². The molecule has 4 heterocycles. The monoisotopic (exact) mass is 372 g/mol. The molecule has 144 valence electrons. The van der Waals surface area contributed by atoms with Crippen molar-refractivity contribution in [2.45, 2.75) is 18.4 Å². The van der Waals surface area contributed by atoms with Crippen molar-refractivity contribution in [3.63, 3.8) is 0 Å². The lowest BCUT2D eigenvalue weighted by Crippen LogP contribution is -2.65. The summed E-state index contributed by atoms with van der Waals surface area (Å²) in [6.45, 7) is 2.99. The van der Waals surface area contributed by atoms with Crippen molar-refractivity contribution in [3.05, 3.63) is 30.4 Å². The summed E-state index contributed by atoms with van der Waals surface area (Å²) in [5.74, 6) is 1.74. The first-order valence-electron chi connectivity index (χ1n) is 9.12. The fraction of sp³-hybridized carbons (Fsp3) is 0.556. The van der Waals surface area contributed by atoms with E-state index in [-0.39, 0.29) is 11.5 Å². The average Bonchev–Trinajstić information content (AvgIpc) is 3.26. The maximum Gasteiger partial charge on any atom is 0.269 e. The van der Waals surface area contributed by atoms with E-state index < -0.39 is 0 Å². The number of anilines is 1. The predicted octanol–water partition coefficient (Wildman–Crippen LogP) is 0.634.